The molecule has 1 aromatic heterocycles. The van der Waals surface area contributed by atoms with E-state index in [0.717, 1.165) is 17.1 Å². The molecule has 0 saturated carbocycles. The number of hydrogen-bond donors (Lipinski definition) is 1. The summed E-state index contributed by atoms with van der Waals surface area (Å²) in [7, 11) is 0. The van der Waals surface area contributed by atoms with Gasteiger partial charge in [0.2, 0.25) is 5.91 Å². The maximum Gasteiger partial charge on any atom is 0.260 e. The molecule has 3 aromatic rings. The molecule has 1 fully saturated rings. The summed E-state index contributed by atoms with van der Waals surface area (Å²) in [6.45, 7) is 4.02. The third-order valence-electron chi connectivity index (χ3n) is 5.21. The summed E-state index contributed by atoms with van der Waals surface area (Å²) in [4.78, 5) is 27.5. The van der Waals surface area contributed by atoms with Crippen LogP contribution in [-0.2, 0) is 9.59 Å². The van der Waals surface area contributed by atoms with Crippen LogP contribution in [0.25, 0.3) is 11.3 Å². The zero-order valence-electron chi connectivity index (χ0n) is 17.9. The van der Waals surface area contributed by atoms with Gasteiger partial charge in [-0.05, 0) is 36.4 Å². The van der Waals surface area contributed by atoms with Gasteiger partial charge in [0.15, 0.2) is 12.4 Å². The van der Waals surface area contributed by atoms with Crippen molar-refractivity contribution in [2.24, 2.45) is 0 Å². The van der Waals surface area contributed by atoms with Crippen LogP contribution in [0.2, 0.25) is 0 Å². The third kappa shape index (κ3) is 5.40. The van der Waals surface area contributed by atoms with Crippen molar-refractivity contribution in [1.82, 2.24) is 15.1 Å². The molecule has 0 radical (unpaired) electrons. The number of anilines is 2. The first-order valence-corrected chi connectivity index (χ1v) is 10.5. The van der Waals surface area contributed by atoms with Crippen molar-refractivity contribution in [1.29, 1.82) is 0 Å². The van der Waals surface area contributed by atoms with Crippen molar-refractivity contribution >= 4 is 23.3 Å². The average Bonchev–Trinajstić information content (AvgIpc) is 2.84. The summed E-state index contributed by atoms with van der Waals surface area (Å²) in [6, 6.07) is 20.8. The topological polar surface area (TPSA) is 87.7 Å². The SMILES string of the molecule is CC(=O)Nc1ccc(OCC(=O)N2CCN(c3ccc(-c4ccccc4)nn3)CC2)cc1. The fourth-order valence-electron chi connectivity index (χ4n) is 3.52. The van der Waals surface area contributed by atoms with Crippen LogP contribution in [0.15, 0.2) is 66.7 Å². The number of nitrogens with zero attached hydrogens (tertiary/aromatic N) is 4. The van der Waals surface area contributed by atoms with Crippen LogP contribution in [0.4, 0.5) is 11.5 Å². The highest BCUT2D eigenvalue weighted by atomic mass is 16.5. The Morgan fingerprint density at radius 2 is 1.62 bits per heavy atom. The largest absolute Gasteiger partial charge is 0.484 e. The minimum atomic E-state index is -0.133. The predicted octanol–water partition coefficient (Wildman–Crippen LogP) is 2.83. The number of aromatic nitrogens is 2. The van der Waals surface area contributed by atoms with Crippen LogP contribution in [0.1, 0.15) is 6.92 Å². The second-order valence-corrected chi connectivity index (χ2v) is 7.50. The average molecular weight is 431 g/mol. The summed E-state index contributed by atoms with van der Waals surface area (Å²) in [5, 5.41) is 11.4. The highest BCUT2D eigenvalue weighted by molar-refractivity contribution is 5.88. The molecule has 1 aliphatic rings. The van der Waals surface area contributed by atoms with Crippen molar-refractivity contribution in [3.05, 3.63) is 66.7 Å². The van der Waals surface area contributed by atoms with Crippen molar-refractivity contribution < 1.29 is 14.3 Å². The molecule has 32 heavy (non-hydrogen) atoms. The quantitative estimate of drug-likeness (QED) is 0.646. The van der Waals surface area contributed by atoms with Crippen LogP contribution >= 0.6 is 0 Å². The lowest BCUT2D eigenvalue weighted by atomic mass is 10.1. The van der Waals surface area contributed by atoms with Crippen LogP contribution in [0.5, 0.6) is 5.75 Å². The Morgan fingerprint density at radius 3 is 2.25 bits per heavy atom. The van der Waals surface area contributed by atoms with Crippen molar-refractivity contribution in [2.75, 3.05) is 43.0 Å². The summed E-state index contributed by atoms with van der Waals surface area (Å²) in [5.41, 5.74) is 2.56. The molecule has 0 aliphatic carbocycles. The normalized spacial score (nSPS) is 13.5. The third-order valence-corrected chi connectivity index (χ3v) is 5.21. The minimum Gasteiger partial charge on any atom is -0.484 e. The van der Waals surface area contributed by atoms with E-state index < -0.39 is 0 Å². The van der Waals surface area contributed by atoms with E-state index in [2.05, 4.69) is 20.4 Å². The lowest BCUT2D eigenvalue weighted by Crippen LogP contribution is -2.50. The number of hydrogen-bond acceptors (Lipinski definition) is 6. The smallest absolute Gasteiger partial charge is 0.260 e. The molecule has 2 amide bonds. The fraction of sp³-hybridized carbons (Fsp3) is 0.250. The van der Waals surface area contributed by atoms with Gasteiger partial charge in [-0.25, -0.2) is 0 Å². The second-order valence-electron chi connectivity index (χ2n) is 7.50. The molecule has 0 unspecified atom stereocenters. The molecule has 4 rings (SSSR count). The molecule has 8 heteroatoms. The van der Waals surface area contributed by atoms with E-state index in [4.69, 9.17) is 4.74 Å². The zero-order valence-corrected chi connectivity index (χ0v) is 17.9. The van der Waals surface area contributed by atoms with Crippen molar-refractivity contribution in [3.63, 3.8) is 0 Å². The number of amides is 2. The molecule has 1 saturated heterocycles. The molecular weight excluding hydrogens is 406 g/mol. The van der Waals surface area contributed by atoms with E-state index in [1.165, 1.54) is 6.92 Å². The van der Waals surface area contributed by atoms with Gasteiger partial charge in [0.25, 0.3) is 5.91 Å². The molecule has 0 bridgehead atoms. The standard InChI is InChI=1S/C24H25N5O3/c1-18(30)25-20-7-9-21(10-8-20)32-17-24(31)29-15-13-28(14-16-29)23-12-11-22(26-27-23)19-5-3-2-4-6-19/h2-12H,13-17H2,1H3,(H,25,30). The molecule has 2 heterocycles. The van der Waals surface area contributed by atoms with Crippen LogP contribution in [0, 0.1) is 0 Å². The van der Waals surface area contributed by atoms with Gasteiger partial charge in [-0.15, -0.1) is 10.2 Å². The number of carbonyl (C=O) groups excluding carboxylic acids is 2. The molecule has 2 aromatic carbocycles. The van der Waals surface area contributed by atoms with Gasteiger partial charge < -0.3 is 19.9 Å². The molecular formula is C24H25N5O3. The lowest BCUT2D eigenvalue weighted by Gasteiger charge is -2.35. The minimum absolute atomic E-state index is 0.0228. The highest BCUT2D eigenvalue weighted by Gasteiger charge is 2.22. The number of ether oxygens (including phenoxy) is 1. The number of benzene rings is 2. The van der Waals surface area contributed by atoms with Gasteiger partial charge in [0, 0.05) is 44.4 Å². The molecule has 164 valence electrons. The van der Waals surface area contributed by atoms with Gasteiger partial charge >= 0.3 is 0 Å². The molecule has 1 N–H and O–H groups in total. The van der Waals surface area contributed by atoms with Gasteiger partial charge in [-0.2, -0.15) is 0 Å². The number of carbonyl (C=O) groups is 2. The first kappa shape index (κ1) is 21.3. The first-order chi connectivity index (χ1) is 15.6. The lowest BCUT2D eigenvalue weighted by molar-refractivity contribution is -0.133. The molecule has 0 spiro atoms. The molecule has 0 atom stereocenters. The second kappa shape index (κ2) is 9.91. The van der Waals surface area contributed by atoms with Crippen molar-refractivity contribution in [3.8, 4) is 17.0 Å². The Kier molecular flexibility index (Phi) is 6.60. The maximum absolute atomic E-state index is 12.5. The van der Waals surface area contributed by atoms with Crippen LogP contribution in [-0.4, -0.2) is 59.7 Å². The number of nitrogens with one attached hydrogen (secondary N) is 1. The monoisotopic (exact) mass is 431 g/mol. The molecule has 1 aliphatic heterocycles. The van der Waals surface area contributed by atoms with Crippen LogP contribution < -0.4 is 15.0 Å². The Hall–Kier alpha value is -3.94. The van der Waals surface area contributed by atoms with Crippen LogP contribution in [0.3, 0.4) is 0 Å². The Bertz CT molecular complexity index is 1050. The van der Waals surface area contributed by atoms with E-state index in [0.29, 0.717) is 37.6 Å². The van der Waals surface area contributed by atoms with Gasteiger partial charge in [-0.3, -0.25) is 9.59 Å². The Labute approximate surface area is 186 Å². The molecule has 8 nitrogen and oxygen atoms in total. The first-order valence-electron chi connectivity index (χ1n) is 10.5. The summed E-state index contributed by atoms with van der Waals surface area (Å²) in [6.07, 6.45) is 0. The zero-order chi connectivity index (χ0) is 22.3. The summed E-state index contributed by atoms with van der Waals surface area (Å²) >= 11 is 0. The Morgan fingerprint density at radius 1 is 0.906 bits per heavy atom. The number of piperazine rings is 1. The van der Waals surface area contributed by atoms with E-state index in [9.17, 15) is 9.59 Å². The summed E-state index contributed by atoms with van der Waals surface area (Å²) in [5.74, 6) is 1.21. The maximum atomic E-state index is 12.5. The van der Waals surface area contributed by atoms with Gasteiger partial charge in [-0.1, -0.05) is 30.3 Å². The highest BCUT2D eigenvalue weighted by Crippen LogP contribution is 2.19. The predicted molar refractivity (Wildman–Crippen MR) is 123 cm³/mol. The number of rotatable bonds is 6. The van der Waals surface area contributed by atoms with E-state index in [1.807, 2.05) is 42.5 Å². The fourth-order valence-corrected chi connectivity index (χ4v) is 3.52. The van der Waals surface area contributed by atoms with E-state index >= 15 is 0 Å². The Balaban J connectivity index is 1.25. The summed E-state index contributed by atoms with van der Waals surface area (Å²) < 4.78 is 5.61. The van der Waals surface area contributed by atoms with E-state index in [-0.39, 0.29) is 18.4 Å². The van der Waals surface area contributed by atoms with Gasteiger partial charge in [0.05, 0.1) is 5.69 Å². The van der Waals surface area contributed by atoms with Crippen molar-refractivity contribution in [2.45, 2.75) is 6.92 Å². The van der Waals surface area contributed by atoms with Gasteiger partial charge in [0.1, 0.15) is 5.75 Å². The van der Waals surface area contributed by atoms with E-state index in [1.54, 1.807) is 29.2 Å².